The average molecular weight is 357 g/mol. The summed E-state index contributed by atoms with van der Waals surface area (Å²) in [5.41, 5.74) is 4.96. The van der Waals surface area contributed by atoms with Crippen LogP contribution in [0.4, 0.5) is 0 Å². The van der Waals surface area contributed by atoms with E-state index in [1.165, 1.54) is 7.11 Å². The molecule has 7 heteroatoms. The fourth-order valence-corrected chi connectivity index (χ4v) is 2.00. The molecule has 25 heavy (non-hydrogen) atoms. The number of esters is 1. The molecule has 0 aromatic heterocycles. The molecule has 0 bridgehead atoms. The van der Waals surface area contributed by atoms with Crippen LogP contribution in [0.25, 0.3) is 0 Å². The van der Waals surface area contributed by atoms with Crippen molar-refractivity contribution in [3.63, 3.8) is 0 Å². The van der Waals surface area contributed by atoms with Gasteiger partial charge in [-0.25, -0.2) is 4.79 Å². The summed E-state index contributed by atoms with van der Waals surface area (Å²) in [6, 6.07) is 14.6. The Morgan fingerprint density at radius 1 is 1.20 bits per heavy atom. The Labute approximate surface area is 151 Å². The van der Waals surface area contributed by atoms with Crippen LogP contribution < -0.4 is 15.5 Å². The van der Waals surface area contributed by atoms with Crippen LogP contribution in [0.3, 0.4) is 0 Å². The second-order valence-electron chi connectivity index (χ2n) is 4.96. The summed E-state index contributed by atoms with van der Waals surface area (Å²) in [5.74, 6) is 0.335. The van der Waals surface area contributed by atoms with Gasteiger partial charge in [0.25, 0.3) is 0 Å². The van der Waals surface area contributed by atoms with Crippen LogP contribution in [0.15, 0.2) is 53.6 Å². The summed E-state index contributed by atoms with van der Waals surface area (Å²) >= 11 is 4.96. The molecule has 0 radical (unpaired) electrons. The molecule has 0 spiro atoms. The number of hydrogen-bond donors (Lipinski definition) is 2. The number of carbonyl (C=O) groups excluding carboxylic acids is 1. The Hall–Kier alpha value is -2.93. The maximum atomic E-state index is 11.4. The summed E-state index contributed by atoms with van der Waals surface area (Å²) in [7, 11) is 3.07. The normalized spacial score (nSPS) is 10.3. The molecule has 2 aromatic rings. The van der Waals surface area contributed by atoms with E-state index in [1.54, 1.807) is 25.4 Å². The Bertz CT molecular complexity index is 760. The van der Waals surface area contributed by atoms with Crippen molar-refractivity contribution in [1.29, 1.82) is 0 Å². The molecule has 0 aliphatic carbocycles. The lowest BCUT2D eigenvalue weighted by Gasteiger charge is -2.09. The molecule has 0 heterocycles. The molecule has 0 aliphatic rings. The zero-order chi connectivity index (χ0) is 18.1. The van der Waals surface area contributed by atoms with E-state index in [2.05, 4.69) is 20.6 Å². The Balaban J connectivity index is 2.01. The summed E-state index contributed by atoms with van der Waals surface area (Å²) in [6.07, 6.45) is 1.64. The van der Waals surface area contributed by atoms with Gasteiger partial charge in [0.1, 0.15) is 12.4 Å². The van der Waals surface area contributed by atoms with Crippen molar-refractivity contribution in [2.75, 3.05) is 14.2 Å². The van der Waals surface area contributed by atoms with E-state index in [0.29, 0.717) is 23.0 Å². The maximum Gasteiger partial charge on any atom is 0.337 e. The van der Waals surface area contributed by atoms with Crippen molar-refractivity contribution in [2.24, 2.45) is 5.10 Å². The highest BCUT2D eigenvalue weighted by molar-refractivity contribution is 7.80. The Kier molecular flexibility index (Phi) is 6.91. The van der Waals surface area contributed by atoms with E-state index in [1.807, 2.05) is 36.4 Å². The SMILES string of the molecule is CNC(=S)N/N=C\c1ccccc1OCc1ccc(C(=O)OC)cc1. The van der Waals surface area contributed by atoms with Crippen LogP contribution in [0.1, 0.15) is 21.5 Å². The maximum absolute atomic E-state index is 11.4. The molecule has 0 saturated heterocycles. The van der Waals surface area contributed by atoms with Gasteiger partial charge >= 0.3 is 5.97 Å². The van der Waals surface area contributed by atoms with E-state index >= 15 is 0 Å². The van der Waals surface area contributed by atoms with Crippen molar-refractivity contribution >= 4 is 29.5 Å². The number of nitrogens with zero attached hydrogens (tertiary/aromatic N) is 1. The second kappa shape index (κ2) is 9.39. The van der Waals surface area contributed by atoms with Crippen molar-refractivity contribution < 1.29 is 14.3 Å². The van der Waals surface area contributed by atoms with Crippen LogP contribution in [0.5, 0.6) is 5.75 Å². The Morgan fingerprint density at radius 3 is 2.60 bits per heavy atom. The zero-order valence-electron chi connectivity index (χ0n) is 14.0. The fraction of sp³-hybridized carbons (Fsp3) is 0.167. The molecular weight excluding hydrogens is 338 g/mol. The zero-order valence-corrected chi connectivity index (χ0v) is 14.8. The number of thiocarbonyl (C=S) groups is 1. The minimum absolute atomic E-state index is 0.360. The average Bonchev–Trinajstić information content (AvgIpc) is 2.66. The topological polar surface area (TPSA) is 72.0 Å². The number of rotatable bonds is 6. The van der Waals surface area contributed by atoms with E-state index < -0.39 is 0 Å². The summed E-state index contributed by atoms with van der Waals surface area (Å²) in [5, 5.41) is 7.26. The van der Waals surface area contributed by atoms with Crippen molar-refractivity contribution in [2.45, 2.75) is 6.61 Å². The lowest BCUT2D eigenvalue weighted by Crippen LogP contribution is -2.28. The van der Waals surface area contributed by atoms with E-state index in [4.69, 9.17) is 17.0 Å². The molecule has 2 N–H and O–H groups in total. The third-order valence-corrected chi connectivity index (χ3v) is 3.58. The van der Waals surface area contributed by atoms with Gasteiger partial charge in [-0.15, -0.1) is 0 Å². The van der Waals surface area contributed by atoms with Crippen molar-refractivity contribution in [3.8, 4) is 5.75 Å². The number of carbonyl (C=O) groups is 1. The number of para-hydroxylation sites is 1. The van der Waals surface area contributed by atoms with E-state index in [9.17, 15) is 4.79 Å². The fourth-order valence-electron chi connectivity index (χ4n) is 1.95. The minimum Gasteiger partial charge on any atom is -0.488 e. The lowest BCUT2D eigenvalue weighted by atomic mass is 10.1. The molecule has 0 atom stereocenters. The monoisotopic (exact) mass is 357 g/mol. The molecule has 0 amide bonds. The van der Waals surface area contributed by atoms with Gasteiger partial charge in [-0.05, 0) is 42.0 Å². The van der Waals surface area contributed by atoms with Crippen LogP contribution in [0, 0.1) is 0 Å². The van der Waals surface area contributed by atoms with Crippen LogP contribution in [0.2, 0.25) is 0 Å². The molecule has 130 valence electrons. The second-order valence-corrected chi connectivity index (χ2v) is 5.37. The first-order chi connectivity index (χ1) is 12.1. The van der Waals surface area contributed by atoms with Gasteiger partial charge in [0, 0.05) is 12.6 Å². The highest BCUT2D eigenvalue weighted by atomic mass is 32.1. The van der Waals surface area contributed by atoms with Crippen LogP contribution >= 0.6 is 12.2 Å². The highest BCUT2D eigenvalue weighted by Gasteiger charge is 2.05. The van der Waals surface area contributed by atoms with Gasteiger partial charge in [0.05, 0.1) is 18.9 Å². The molecule has 2 rings (SSSR count). The number of hydrazone groups is 1. The van der Waals surface area contributed by atoms with Gasteiger partial charge in [0.15, 0.2) is 5.11 Å². The van der Waals surface area contributed by atoms with Gasteiger partial charge in [-0.1, -0.05) is 24.3 Å². The first-order valence-corrected chi connectivity index (χ1v) is 7.94. The minimum atomic E-state index is -0.360. The van der Waals surface area contributed by atoms with E-state index in [0.717, 1.165) is 11.1 Å². The quantitative estimate of drug-likeness (QED) is 0.358. The van der Waals surface area contributed by atoms with Crippen molar-refractivity contribution in [3.05, 3.63) is 65.2 Å². The summed E-state index contributed by atoms with van der Waals surface area (Å²) in [4.78, 5) is 11.4. The van der Waals surface area contributed by atoms with E-state index in [-0.39, 0.29) is 5.97 Å². The number of benzene rings is 2. The van der Waals surface area contributed by atoms with Crippen molar-refractivity contribution in [1.82, 2.24) is 10.7 Å². The largest absolute Gasteiger partial charge is 0.488 e. The standard InChI is InChI=1S/C18H19N3O3S/c1-19-18(25)21-20-11-15-5-3-4-6-16(15)24-12-13-7-9-14(10-8-13)17(22)23-2/h3-11H,12H2,1-2H3,(H2,19,21,25)/b20-11-. The predicted octanol–water partition coefficient (Wildman–Crippen LogP) is 2.48. The predicted molar refractivity (Wildman–Crippen MR) is 101 cm³/mol. The first-order valence-electron chi connectivity index (χ1n) is 7.54. The molecule has 0 unspecified atom stereocenters. The summed E-state index contributed by atoms with van der Waals surface area (Å²) < 4.78 is 10.5. The van der Waals surface area contributed by atoms with Crippen LogP contribution in [-0.4, -0.2) is 31.5 Å². The number of nitrogens with one attached hydrogen (secondary N) is 2. The van der Waals surface area contributed by atoms with Gasteiger partial charge < -0.3 is 14.8 Å². The molecule has 6 nitrogen and oxygen atoms in total. The first kappa shape index (κ1) is 18.4. The van der Waals surface area contributed by atoms with Gasteiger partial charge in [-0.2, -0.15) is 5.10 Å². The highest BCUT2D eigenvalue weighted by Crippen LogP contribution is 2.18. The van der Waals surface area contributed by atoms with Gasteiger partial charge in [0.2, 0.25) is 0 Å². The number of ether oxygens (including phenoxy) is 2. The number of methoxy groups -OCH3 is 1. The summed E-state index contributed by atoms with van der Waals surface area (Å²) in [6.45, 7) is 0.370. The molecule has 0 fully saturated rings. The molecule has 2 aromatic carbocycles. The molecular formula is C18H19N3O3S. The Morgan fingerprint density at radius 2 is 1.92 bits per heavy atom. The molecule has 0 aliphatic heterocycles. The lowest BCUT2D eigenvalue weighted by molar-refractivity contribution is 0.0600. The van der Waals surface area contributed by atoms with Gasteiger partial charge in [-0.3, -0.25) is 5.43 Å². The number of hydrogen-bond acceptors (Lipinski definition) is 5. The molecule has 0 saturated carbocycles. The third kappa shape index (κ3) is 5.58. The van der Waals surface area contributed by atoms with Crippen LogP contribution in [-0.2, 0) is 11.3 Å². The smallest absolute Gasteiger partial charge is 0.337 e. The third-order valence-electron chi connectivity index (χ3n) is 3.29.